The molecule has 0 aromatic rings. The molecule has 1 aliphatic heterocycles. The van der Waals surface area contributed by atoms with Crippen molar-refractivity contribution >= 4 is 0 Å². The first kappa shape index (κ1) is 21.5. The number of nitrogens with one attached hydrogen (secondary N) is 5. The van der Waals surface area contributed by atoms with E-state index in [1.165, 1.54) is 57.8 Å². The van der Waals surface area contributed by atoms with Crippen molar-refractivity contribution in [3.8, 4) is 0 Å². The Balaban J connectivity index is 1.58. The van der Waals surface area contributed by atoms with E-state index in [-0.39, 0.29) is 0 Å². The molecule has 0 aromatic carbocycles. The monoisotopic (exact) mass is 380 g/mol. The molecule has 27 heavy (non-hydrogen) atoms. The molecule has 2 saturated carbocycles. The maximum absolute atomic E-state index is 5.77. The van der Waals surface area contributed by atoms with Crippen LogP contribution in [0.4, 0.5) is 0 Å². The largest absolute Gasteiger partial charge is 0.330 e. The lowest BCUT2D eigenvalue weighted by molar-refractivity contribution is 0.267. The lowest BCUT2D eigenvalue weighted by Gasteiger charge is -2.35. The highest BCUT2D eigenvalue weighted by Gasteiger charge is 2.27. The van der Waals surface area contributed by atoms with Gasteiger partial charge in [-0.1, -0.05) is 25.7 Å². The quantitative estimate of drug-likeness (QED) is 0.432. The summed E-state index contributed by atoms with van der Waals surface area (Å²) in [5.74, 6) is 0. The zero-order valence-corrected chi connectivity index (χ0v) is 17.3. The lowest BCUT2D eigenvalue weighted by Crippen LogP contribution is -2.54. The second-order valence-corrected chi connectivity index (χ2v) is 8.85. The van der Waals surface area contributed by atoms with Gasteiger partial charge in [0.1, 0.15) is 0 Å². The van der Waals surface area contributed by atoms with Crippen molar-refractivity contribution in [2.75, 3.05) is 39.3 Å². The van der Waals surface area contributed by atoms with Crippen molar-refractivity contribution in [3.05, 3.63) is 0 Å². The van der Waals surface area contributed by atoms with Gasteiger partial charge >= 0.3 is 0 Å². The molecule has 0 aromatic heterocycles. The molecule has 2 aliphatic carbocycles. The maximum atomic E-state index is 5.77. The number of hydrogen-bond acceptors (Lipinski definition) is 6. The summed E-state index contributed by atoms with van der Waals surface area (Å²) in [7, 11) is 0. The summed E-state index contributed by atoms with van der Waals surface area (Å²) in [5.41, 5.74) is 5.77. The van der Waals surface area contributed by atoms with Crippen molar-refractivity contribution in [1.29, 1.82) is 0 Å². The van der Waals surface area contributed by atoms with Gasteiger partial charge in [0, 0.05) is 62.9 Å². The Bertz CT molecular complexity index is 393. The fourth-order valence-electron chi connectivity index (χ4n) is 5.22. The second-order valence-electron chi connectivity index (χ2n) is 8.85. The van der Waals surface area contributed by atoms with Crippen LogP contribution in [0.2, 0.25) is 0 Å². The van der Waals surface area contributed by atoms with E-state index in [9.17, 15) is 0 Å². The molecule has 6 heteroatoms. The first-order chi connectivity index (χ1) is 13.4. The molecule has 7 N–H and O–H groups in total. The Morgan fingerprint density at radius 2 is 1.04 bits per heavy atom. The van der Waals surface area contributed by atoms with Crippen molar-refractivity contribution in [2.45, 2.75) is 94.4 Å². The molecule has 3 rings (SSSR count). The van der Waals surface area contributed by atoms with Crippen LogP contribution in [0.25, 0.3) is 0 Å². The number of rotatable bonds is 3. The van der Waals surface area contributed by atoms with E-state index in [1.807, 2.05) is 0 Å². The van der Waals surface area contributed by atoms with Crippen LogP contribution in [-0.2, 0) is 0 Å². The molecule has 0 spiro atoms. The normalized spacial score (nSPS) is 37.4. The van der Waals surface area contributed by atoms with Crippen LogP contribution in [0.3, 0.4) is 0 Å². The van der Waals surface area contributed by atoms with Crippen LogP contribution in [0, 0.1) is 0 Å². The third kappa shape index (κ3) is 7.26. The van der Waals surface area contributed by atoms with Gasteiger partial charge in [-0.15, -0.1) is 0 Å². The zero-order valence-electron chi connectivity index (χ0n) is 17.3. The van der Waals surface area contributed by atoms with Crippen LogP contribution >= 0.6 is 0 Å². The first-order valence-electron chi connectivity index (χ1n) is 11.7. The van der Waals surface area contributed by atoms with Crippen molar-refractivity contribution in [1.82, 2.24) is 26.6 Å². The third-order valence-electron chi connectivity index (χ3n) is 6.82. The molecular weight excluding hydrogens is 336 g/mol. The Labute approximate surface area is 166 Å². The van der Waals surface area contributed by atoms with E-state index >= 15 is 0 Å². The average molecular weight is 381 g/mol. The second kappa shape index (κ2) is 12.3. The molecule has 158 valence electrons. The fraction of sp³-hybridized carbons (Fsp3) is 1.00. The van der Waals surface area contributed by atoms with E-state index < -0.39 is 0 Å². The molecule has 1 heterocycles. The van der Waals surface area contributed by atoms with E-state index in [4.69, 9.17) is 5.73 Å². The number of fused-ring (bicyclic) bond motifs is 2. The topological polar surface area (TPSA) is 86.2 Å². The number of hydrogen-bond donors (Lipinski definition) is 6. The standard InChI is InChI=1S/C21H44N6/c22-11-5-6-17-16-27-21-10-4-3-9-20(21)26-15-14-25-19-8-2-1-7-18(19)24-13-12-23-17/h17-21,23-27H,1-16,22H2/t17-,18+,19-,20+,21-/m0/s1. The molecule has 6 nitrogen and oxygen atoms in total. The van der Waals surface area contributed by atoms with E-state index in [1.54, 1.807) is 0 Å². The Kier molecular flexibility index (Phi) is 9.82. The molecule has 3 aliphatic rings. The summed E-state index contributed by atoms with van der Waals surface area (Å²) in [6.45, 7) is 6.13. The van der Waals surface area contributed by atoms with E-state index in [0.29, 0.717) is 30.2 Å². The molecule has 1 saturated heterocycles. The van der Waals surface area contributed by atoms with Crippen LogP contribution in [0.15, 0.2) is 0 Å². The Morgan fingerprint density at radius 1 is 0.593 bits per heavy atom. The smallest absolute Gasteiger partial charge is 0.0221 e. The summed E-state index contributed by atoms with van der Waals surface area (Å²) in [6.07, 6.45) is 13.0. The average Bonchev–Trinajstić information content (AvgIpc) is 2.71. The number of nitrogens with two attached hydrogens (primary N) is 1. The van der Waals surface area contributed by atoms with Crippen LogP contribution in [0.1, 0.15) is 64.2 Å². The van der Waals surface area contributed by atoms with Gasteiger partial charge in [-0.05, 0) is 45.1 Å². The lowest BCUT2D eigenvalue weighted by atomic mass is 9.89. The Hall–Kier alpha value is -0.240. The molecule has 5 atom stereocenters. The fourth-order valence-corrected chi connectivity index (χ4v) is 5.22. The molecule has 0 radical (unpaired) electrons. The summed E-state index contributed by atoms with van der Waals surface area (Å²) >= 11 is 0. The Morgan fingerprint density at radius 3 is 1.52 bits per heavy atom. The van der Waals surface area contributed by atoms with Crippen LogP contribution < -0.4 is 32.3 Å². The molecule has 0 bridgehead atoms. The van der Waals surface area contributed by atoms with E-state index in [0.717, 1.165) is 45.7 Å². The minimum atomic E-state index is 0.531. The highest BCUT2D eigenvalue weighted by molar-refractivity contribution is 4.90. The van der Waals surface area contributed by atoms with Gasteiger partial charge in [0.25, 0.3) is 0 Å². The molecule has 0 unspecified atom stereocenters. The van der Waals surface area contributed by atoms with Gasteiger partial charge in [0.05, 0.1) is 0 Å². The van der Waals surface area contributed by atoms with Gasteiger partial charge < -0.3 is 32.3 Å². The molecular formula is C21H44N6. The van der Waals surface area contributed by atoms with Crippen molar-refractivity contribution in [3.63, 3.8) is 0 Å². The molecule has 3 fully saturated rings. The minimum Gasteiger partial charge on any atom is -0.330 e. The van der Waals surface area contributed by atoms with Crippen molar-refractivity contribution < 1.29 is 0 Å². The predicted molar refractivity (Wildman–Crippen MR) is 114 cm³/mol. The van der Waals surface area contributed by atoms with E-state index in [2.05, 4.69) is 26.6 Å². The highest BCUT2D eigenvalue weighted by atomic mass is 15.1. The van der Waals surface area contributed by atoms with Gasteiger partial charge in [0.15, 0.2) is 0 Å². The summed E-state index contributed by atoms with van der Waals surface area (Å²) in [6, 6.07) is 3.05. The SMILES string of the molecule is NCCC[C@H]1CN[C@H]2CCCC[C@H]2NCCN[C@H]2CCCC[C@H]2NCCN1. The van der Waals surface area contributed by atoms with Gasteiger partial charge in [0.2, 0.25) is 0 Å². The van der Waals surface area contributed by atoms with Crippen LogP contribution in [0.5, 0.6) is 0 Å². The maximum Gasteiger partial charge on any atom is 0.0221 e. The summed E-state index contributed by atoms with van der Waals surface area (Å²) < 4.78 is 0. The minimum absolute atomic E-state index is 0.531. The third-order valence-corrected chi connectivity index (χ3v) is 6.82. The van der Waals surface area contributed by atoms with Gasteiger partial charge in [-0.25, -0.2) is 0 Å². The van der Waals surface area contributed by atoms with Gasteiger partial charge in [-0.3, -0.25) is 0 Å². The van der Waals surface area contributed by atoms with Gasteiger partial charge in [-0.2, -0.15) is 0 Å². The zero-order chi connectivity index (χ0) is 18.7. The molecule has 0 amide bonds. The van der Waals surface area contributed by atoms with Crippen LogP contribution in [-0.4, -0.2) is 69.5 Å². The first-order valence-corrected chi connectivity index (χ1v) is 11.7. The summed E-state index contributed by atoms with van der Waals surface area (Å²) in [4.78, 5) is 0. The predicted octanol–water partition coefficient (Wildman–Crippen LogP) is 0.678. The summed E-state index contributed by atoms with van der Waals surface area (Å²) in [5, 5.41) is 19.2. The highest BCUT2D eigenvalue weighted by Crippen LogP contribution is 2.20. The van der Waals surface area contributed by atoms with Crippen molar-refractivity contribution in [2.24, 2.45) is 5.73 Å².